The van der Waals surface area contributed by atoms with Crippen molar-refractivity contribution >= 4 is 5.84 Å². The lowest BCUT2D eigenvalue weighted by Crippen LogP contribution is -2.17. The van der Waals surface area contributed by atoms with E-state index in [1.165, 1.54) is 5.56 Å². The van der Waals surface area contributed by atoms with Crippen LogP contribution in [-0.2, 0) is 13.0 Å². The average Bonchev–Trinajstić information content (AvgIpc) is 2.55. The van der Waals surface area contributed by atoms with Crippen molar-refractivity contribution in [2.75, 3.05) is 6.54 Å². The SMILES string of the molecule is NC(=NO)c1cccc(CNCCCc2ccccc2)c1. The number of nitrogens with one attached hydrogen (secondary N) is 1. The summed E-state index contributed by atoms with van der Waals surface area (Å²) >= 11 is 0. The molecule has 2 aromatic rings. The second-order valence-corrected chi connectivity index (χ2v) is 4.95. The molecule has 4 heteroatoms. The Balaban J connectivity index is 1.74. The van der Waals surface area contributed by atoms with Crippen LogP contribution in [0, 0.1) is 0 Å². The summed E-state index contributed by atoms with van der Waals surface area (Å²) in [4.78, 5) is 0. The Labute approximate surface area is 125 Å². The van der Waals surface area contributed by atoms with E-state index in [2.05, 4.69) is 34.7 Å². The monoisotopic (exact) mass is 283 g/mol. The van der Waals surface area contributed by atoms with Crippen LogP contribution in [0.4, 0.5) is 0 Å². The summed E-state index contributed by atoms with van der Waals surface area (Å²) in [6, 6.07) is 18.2. The third kappa shape index (κ3) is 4.93. The maximum absolute atomic E-state index is 8.68. The van der Waals surface area contributed by atoms with Crippen molar-refractivity contribution < 1.29 is 5.21 Å². The van der Waals surface area contributed by atoms with E-state index in [1.54, 1.807) is 0 Å². The van der Waals surface area contributed by atoms with Gasteiger partial charge < -0.3 is 16.3 Å². The Bertz CT molecular complexity index is 582. The van der Waals surface area contributed by atoms with Gasteiger partial charge in [-0.1, -0.05) is 53.7 Å². The van der Waals surface area contributed by atoms with Gasteiger partial charge in [0.2, 0.25) is 0 Å². The smallest absolute Gasteiger partial charge is 0.170 e. The number of amidine groups is 1. The van der Waals surface area contributed by atoms with Crippen molar-refractivity contribution in [1.82, 2.24) is 5.32 Å². The summed E-state index contributed by atoms with van der Waals surface area (Å²) in [5.74, 6) is 0.140. The van der Waals surface area contributed by atoms with Crippen molar-refractivity contribution in [3.63, 3.8) is 0 Å². The molecule has 0 aromatic heterocycles. The van der Waals surface area contributed by atoms with Gasteiger partial charge in [-0.25, -0.2) is 0 Å². The number of hydrogen-bond acceptors (Lipinski definition) is 3. The molecule has 0 aliphatic heterocycles. The fourth-order valence-electron chi connectivity index (χ4n) is 2.19. The zero-order chi connectivity index (χ0) is 14.9. The zero-order valence-electron chi connectivity index (χ0n) is 12.0. The number of nitrogens with two attached hydrogens (primary N) is 1. The minimum absolute atomic E-state index is 0.140. The maximum atomic E-state index is 8.68. The molecule has 0 amide bonds. The number of hydrogen-bond donors (Lipinski definition) is 3. The van der Waals surface area contributed by atoms with Crippen LogP contribution in [-0.4, -0.2) is 17.6 Å². The molecular formula is C17H21N3O. The normalized spacial score (nSPS) is 11.5. The highest BCUT2D eigenvalue weighted by atomic mass is 16.4. The first kappa shape index (κ1) is 15.1. The Kier molecular flexibility index (Phi) is 5.79. The molecule has 110 valence electrons. The van der Waals surface area contributed by atoms with Gasteiger partial charge in [0.05, 0.1) is 0 Å². The van der Waals surface area contributed by atoms with Gasteiger partial charge in [-0.15, -0.1) is 0 Å². The molecule has 4 N–H and O–H groups in total. The lowest BCUT2D eigenvalue weighted by atomic mass is 10.1. The Morgan fingerprint density at radius 3 is 2.57 bits per heavy atom. The van der Waals surface area contributed by atoms with Gasteiger partial charge in [-0.3, -0.25) is 0 Å². The predicted octanol–water partition coefficient (Wildman–Crippen LogP) is 2.50. The third-order valence-electron chi connectivity index (χ3n) is 3.32. The molecule has 0 fully saturated rings. The van der Waals surface area contributed by atoms with E-state index in [9.17, 15) is 0 Å². The van der Waals surface area contributed by atoms with E-state index in [4.69, 9.17) is 10.9 Å². The topological polar surface area (TPSA) is 70.6 Å². The fraction of sp³-hybridized carbons (Fsp3) is 0.235. The fourth-order valence-corrected chi connectivity index (χ4v) is 2.19. The first-order valence-corrected chi connectivity index (χ1v) is 7.11. The van der Waals surface area contributed by atoms with Crippen molar-refractivity contribution in [2.24, 2.45) is 10.9 Å². The van der Waals surface area contributed by atoms with Gasteiger partial charge in [-0.05, 0) is 36.6 Å². The quantitative estimate of drug-likeness (QED) is 0.240. The summed E-state index contributed by atoms with van der Waals surface area (Å²) in [6.07, 6.45) is 2.18. The molecule has 4 nitrogen and oxygen atoms in total. The molecule has 0 aliphatic rings. The highest BCUT2D eigenvalue weighted by Crippen LogP contribution is 2.05. The second kappa shape index (κ2) is 8.07. The van der Waals surface area contributed by atoms with Gasteiger partial charge in [0.1, 0.15) is 0 Å². The summed E-state index contributed by atoms with van der Waals surface area (Å²) in [7, 11) is 0. The maximum Gasteiger partial charge on any atom is 0.170 e. The third-order valence-corrected chi connectivity index (χ3v) is 3.32. The predicted molar refractivity (Wildman–Crippen MR) is 85.4 cm³/mol. The highest BCUT2D eigenvalue weighted by molar-refractivity contribution is 5.97. The van der Waals surface area contributed by atoms with Crippen molar-refractivity contribution in [2.45, 2.75) is 19.4 Å². The first-order chi connectivity index (χ1) is 10.3. The van der Waals surface area contributed by atoms with E-state index < -0.39 is 0 Å². The van der Waals surface area contributed by atoms with Crippen LogP contribution in [0.25, 0.3) is 0 Å². The highest BCUT2D eigenvalue weighted by Gasteiger charge is 2.00. The van der Waals surface area contributed by atoms with Gasteiger partial charge in [0, 0.05) is 12.1 Å². The Morgan fingerprint density at radius 1 is 1.05 bits per heavy atom. The minimum atomic E-state index is 0.140. The molecule has 0 spiro atoms. The van der Waals surface area contributed by atoms with Crippen LogP contribution in [0.3, 0.4) is 0 Å². The molecule has 0 bridgehead atoms. The zero-order valence-corrected chi connectivity index (χ0v) is 12.0. The van der Waals surface area contributed by atoms with Crippen LogP contribution in [0.1, 0.15) is 23.1 Å². The van der Waals surface area contributed by atoms with Gasteiger partial charge >= 0.3 is 0 Å². The largest absolute Gasteiger partial charge is 0.409 e. The summed E-state index contributed by atoms with van der Waals surface area (Å²) in [5.41, 5.74) is 8.81. The molecule has 2 rings (SSSR count). The molecule has 0 saturated heterocycles. The molecule has 21 heavy (non-hydrogen) atoms. The van der Waals surface area contributed by atoms with Crippen molar-refractivity contribution in [1.29, 1.82) is 0 Å². The van der Waals surface area contributed by atoms with E-state index in [0.29, 0.717) is 0 Å². The molecule has 0 atom stereocenters. The first-order valence-electron chi connectivity index (χ1n) is 7.11. The second-order valence-electron chi connectivity index (χ2n) is 4.95. The van der Waals surface area contributed by atoms with E-state index in [-0.39, 0.29) is 5.84 Å². The number of aryl methyl sites for hydroxylation is 1. The van der Waals surface area contributed by atoms with E-state index in [0.717, 1.165) is 37.1 Å². The van der Waals surface area contributed by atoms with Crippen LogP contribution in [0.5, 0.6) is 0 Å². The number of rotatable bonds is 7. The Morgan fingerprint density at radius 2 is 1.81 bits per heavy atom. The van der Waals surface area contributed by atoms with Crippen LogP contribution in [0.2, 0.25) is 0 Å². The molecule has 2 aromatic carbocycles. The summed E-state index contributed by atoms with van der Waals surface area (Å²) in [5, 5.41) is 15.1. The average molecular weight is 283 g/mol. The number of oxime groups is 1. The molecule has 0 unspecified atom stereocenters. The van der Waals surface area contributed by atoms with E-state index in [1.807, 2.05) is 30.3 Å². The van der Waals surface area contributed by atoms with Crippen LogP contribution >= 0.6 is 0 Å². The van der Waals surface area contributed by atoms with Crippen LogP contribution < -0.4 is 11.1 Å². The van der Waals surface area contributed by atoms with Gasteiger partial charge in [0.15, 0.2) is 5.84 Å². The van der Waals surface area contributed by atoms with Crippen molar-refractivity contribution in [3.8, 4) is 0 Å². The van der Waals surface area contributed by atoms with Gasteiger partial charge in [-0.2, -0.15) is 0 Å². The molecular weight excluding hydrogens is 262 g/mol. The number of benzene rings is 2. The minimum Gasteiger partial charge on any atom is -0.409 e. The Hall–Kier alpha value is -2.33. The van der Waals surface area contributed by atoms with Gasteiger partial charge in [0.25, 0.3) is 0 Å². The molecule has 0 aliphatic carbocycles. The summed E-state index contributed by atoms with van der Waals surface area (Å²) < 4.78 is 0. The lowest BCUT2D eigenvalue weighted by Gasteiger charge is -2.07. The standard InChI is InChI=1S/C17H21N3O/c18-17(20-21)16-10-4-8-15(12-16)13-19-11-5-9-14-6-2-1-3-7-14/h1-4,6-8,10,12,19,21H,5,9,11,13H2,(H2,18,20). The van der Waals surface area contributed by atoms with E-state index >= 15 is 0 Å². The van der Waals surface area contributed by atoms with Crippen LogP contribution in [0.15, 0.2) is 59.8 Å². The number of nitrogens with zero attached hydrogens (tertiary/aromatic N) is 1. The molecule has 0 radical (unpaired) electrons. The summed E-state index contributed by atoms with van der Waals surface area (Å²) in [6.45, 7) is 1.74. The molecule has 0 saturated carbocycles. The lowest BCUT2D eigenvalue weighted by molar-refractivity contribution is 0.318. The van der Waals surface area contributed by atoms with Crippen molar-refractivity contribution in [3.05, 3.63) is 71.3 Å². The molecule has 0 heterocycles.